The third kappa shape index (κ3) is 3.64. The minimum atomic E-state index is 0. The Bertz CT molecular complexity index is 570. The average Bonchev–Trinajstić information content (AvgIpc) is 2.84. The highest BCUT2D eigenvalue weighted by atomic mass is 35.5. The van der Waals surface area contributed by atoms with Crippen molar-refractivity contribution in [2.75, 3.05) is 19.6 Å². The maximum atomic E-state index is 5.82. The third-order valence-corrected chi connectivity index (χ3v) is 3.91. The van der Waals surface area contributed by atoms with Gasteiger partial charge in [0.15, 0.2) is 0 Å². The van der Waals surface area contributed by atoms with Crippen LogP contribution in [0.2, 0.25) is 0 Å². The molecule has 5 heteroatoms. The van der Waals surface area contributed by atoms with Gasteiger partial charge in [-0.3, -0.25) is 4.90 Å². The first-order chi connectivity index (χ1) is 9.74. The van der Waals surface area contributed by atoms with Gasteiger partial charge in [0.2, 0.25) is 5.89 Å². The zero-order chi connectivity index (χ0) is 13.9. The van der Waals surface area contributed by atoms with E-state index >= 15 is 0 Å². The number of benzene rings is 1. The molecule has 2 heterocycles. The van der Waals surface area contributed by atoms with E-state index in [0.717, 1.165) is 49.1 Å². The van der Waals surface area contributed by atoms with Gasteiger partial charge in [0.25, 0.3) is 0 Å². The molecule has 4 nitrogen and oxygen atoms in total. The van der Waals surface area contributed by atoms with Crippen LogP contribution in [0.4, 0.5) is 0 Å². The number of rotatable bonds is 3. The molecule has 2 aromatic rings. The van der Waals surface area contributed by atoms with E-state index in [2.05, 4.69) is 22.1 Å². The van der Waals surface area contributed by atoms with Gasteiger partial charge in [0.1, 0.15) is 5.76 Å². The second-order valence-corrected chi connectivity index (χ2v) is 5.41. The van der Waals surface area contributed by atoms with Crippen molar-refractivity contribution >= 4 is 12.4 Å². The lowest BCUT2D eigenvalue weighted by atomic mass is 10.2. The summed E-state index contributed by atoms with van der Waals surface area (Å²) in [5.74, 6) is 1.65. The van der Waals surface area contributed by atoms with E-state index in [9.17, 15) is 0 Å². The predicted molar refractivity (Wildman–Crippen MR) is 86.7 cm³/mol. The molecule has 1 N–H and O–H groups in total. The summed E-state index contributed by atoms with van der Waals surface area (Å²) >= 11 is 0. The fraction of sp³-hybridized carbons (Fsp3) is 0.438. The lowest BCUT2D eigenvalue weighted by Gasteiger charge is -2.33. The van der Waals surface area contributed by atoms with Crippen LogP contribution in [0.25, 0.3) is 11.5 Å². The first-order valence-corrected chi connectivity index (χ1v) is 7.20. The highest BCUT2D eigenvalue weighted by molar-refractivity contribution is 5.85. The fourth-order valence-corrected chi connectivity index (χ4v) is 2.59. The molecule has 0 saturated carbocycles. The van der Waals surface area contributed by atoms with Crippen molar-refractivity contribution < 1.29 is 4.42 Å². The van der Waals surface area contributed by atoms with E-state index in [4.69, 9.17) is 4.42 Å². The largest absolute Gasteiger partial charge is 0.441 e. The second-order valence-electron chi connectivity index (χ2n) is 5.41. The lowest BCUT2D eigenvalue weighted by Crippen LogP contribution is -2.49. The highest BCUT2D eigenvalue weighted by Crippen LogP contribution is 2.22. The SMILES string of the molecule is Cc1oc(-c2ccccc2)nc1CN1CCNC[C@@H]1C.Cl. The number of nitrogens with one attached hydrogen (secondary N) is 1. The van der Waals surface area contributed by atoms with Gasteiger partial charge in [-0.1, -0.05) is 18.2 Å². The molecule has 1 aliphatic rings. The molecule has 0 amide bonds. The summed E-state index contributed by atoms with van der Waals surface area (Å²) in [6, 6.07) is 10.6. The number of aryl methyl sites for hydroxylation is 1. The maximum absolute atomic E-state index is 5.82. The highest BCUT2D eigenvalue weighted by Gasteiger charge is 2.21. The molecule has 21 heavy (non-hydrogen) atoms. The van der Waals surface area contributed by atoms with Crippen LogP contribution in [0, 0.1) is 6.92 Å². The summed E-state index contributed by atoms with van der Waals surface area (Å²) in [4.78, 5) is 7.13. The van der Waals surface area contributed by atoms with E-state index in [1.807, 2.05) is 37.3 Å². The van der Waals surface area contributed by atoms with Crippen LogP contribution in [-0.4, -0.2) is 35.6 Å². The number of oxazole rings is 1. The molecular weight excluding hydrogens is 286 g/mol. The minimum absolute atomic E-state index is 0. The number of aromatic nitrogens is 1. The summed E-state index contributed by atoms with van der Waals surface area (Å²) in [5.41, 5.74) is 2.09. The third-order valence-electron chi connectivity index (χ3n) is 3.91. The van der Waals surface area contributed by atoms with Crippen molar-refractivity contribution in [3.63, 3.8) is 0 Å². The van der Waals surface area contributed by atoms with Crippen LogP contribution in [0.3, 0.4) is 0 Å². The average molecular weight is 308 g/mol. The first kappa shape index (κ1) is 16.0. The van der Waals surface area contributed by atoms with Crippen molar-refractivity contribution in [2.45, 2.75) is 26.4 Å². The Kier molecular flexibility index (Phi) is 5.39. The molecular formula is C16H22ClN3O. The molecule has 1 atom stereocenters. The van der Waals surface area contributed by atoms with Gasteiger partial charge in [-0.2, -0.15) is 0 Å². The van der Waals surface area contributed by atoms with Gasteiger partial charge < -0.3 is 9.73 Å². The second kappa shape index (κ2) is 7.07. The quantitative estimate of drug-likeness (QED) is 0.947. The van der Waals surface area contributed by atoms with Gasteiger partial charge in [-0.15, -0.1) is 12.4 Å². The Morgan fingerprint density at radius 2 is 2.10 bits per heavy atom. The molecule has 0 unspecified atom stereocenters. The Labute approximate surface area is 132 Å². The number of piperazine rings is 1. The van der Waals surface area contributed by atoms with E-state index in [0.29, 0.717) is 6.04 Å². The summed E-state index contributed by atoms with van der Waals surface area (Å²) in [6.07, 6.45) is 0. The smallest absolute Gasteiger partial charge is 0.226 e. The Balaban J connectivity index is 0.00000161. The van der Waals surface area contributed by atoms with Crippen molar-refractivity contribution in [1.29, 1.82) is 0 Å². The molecule has 1 aromatic heterocycles. The Hall–Kier alpha value is -1.36. The van der Waals surface area contributed by atoms with E-state index in [-0.39, 0.29) is 12.4 Å². The monoisotopic (exact) mass is 307 g/mol. The summed E-state index contributed by atoms with van der Waals surface area (Å²) < 4.78 is 5.82. The summed E-state index contributed by atoms with van der Waals surface area (Å²) in [7, 11) is 0. The predicted octanol–water partition coefficient (Wildman–Crippen LogP) is 2.87. The number of hydrogen-bond acceptors (Lipinski definition) is 4. The van der Waals surface area contributed by atoms with Crippen LogP contribution in [0.1, 0.15) is 18.4 Å². The number of halogens is 1. The van der Waals surface area contributed by atoms with E-state index in [1.165, 1.54) is 0 Å². The zero-order valence-corrected chi connectivity index (χ0v) is 13.3. The van der Waals surface area contributed by atoms with Crippen molar-refractivity contribution in [3.05, 3.63) is 41.8 Å². The standard InChI is InChI=1S/C16H21N3O.ClH/c1-12-10-17-8-9-19(12)11-15-13(2)20-16(18-15)14-6-4-3-5-7-14;/h3-7,12,17H,8-11H2,1-2H3;1H/t12-;/m0./s1. The molecule has 0 radical (unpaired) electrons. The molecule has 1 aromatic carbocycles. The van der Waals surface area contributed by atoms with Gasteiger partial charge in [-0.25, -0.2) is 4.98 Å². The molecule has 0 aliphatic carbocycles. The zero-order valence-electron chi connectivity index (χ0n) is 12.5. The molecule has 1 aliphatic heterocycles. The normalized spacial score (nSPS) is 19.2. The fourth-order valence-electron chi connectivity index (χ4n) is 2.59. The van der Waals surface area contributed by atoms with Crippen LogP contribution in [-0.2, 0) is 6.54 Å². The van der Waals surface area contributed by atoms with E-state index < -0.39 is 0 Å². The Morgan fingerprint density at radius 3 is 2.81 bits per heavy atom. The molecule has 114 valence electrons. The van der Waals surface area contributed by atoms with Crippen LogP contribution >= 0.6 is 12.4 Å². The van der Waals surface area contributed by atoms with Crippen molar-refractivity contribution in [2.24, 2.45) is 0 Å². The van der Waals surface area contributed by atoms with Crippen LogP contribution in [0.15, 0.2) is 34.7 Å². The minimum Gasteiger partial charge on any atom is -0.441 e. The van der Waals surface area contributed by atoms with Gasteiger partial charge in [-0.05, 0) is 26.0 Å². The lowest BCUT2D eigenvalue weighted by molar-refractivity contribution is 0.163. The molecule has 1 saturated heterocycles. The van der Waals surface area contributed by atoms with Crippen LogP contribution in [0.5, 0.6) is 0 Å². The number of hydrogen-bond donors (Lipinski definition) is 1. The van der Waals surface area contributed by atoms with E-state index in [1.54, 1.807) is 0 Å². The molecule has 0 spiro atoms. The van der Waals surface area contributed by atoms with Crippen LogP contribution < -0.4 is 5.32 Å². The number of nitrogens with zero attached hydrogens (tertiary/aromatic N) is 2. The molecule has 0 bridgehead atoms. The Morgan fingerprint density at radius 1 is 1.33 bits per heavy atom. The van der Waals surface area contributed by atoms with Gasteiger partial charge in [0, 0.05) is 37.8 Å². The van der Waals surface area contributed by atoms with Crippen molar-refractivity contribution in [1.82, 2.24) is 15.2 Å². The van der Waals surface area contributed by atoms with Gasteiger partial charge >= 0.3 is 0 Å². The molecule has 1 fully saturated rings. The maximum Gasteiger partial charge on any atom is 0.226 e. The summed E-state index contributed by atoms with van der Waals surface area (Å²) in [6.45, 7) is 8.27. The molecule has 3 rings (SSSR count). The first-order valence-electron chi connectivity index (χ1n) is 7.20. The van der Waals surface area contributed by atoms with Crippen molar-refractivity contribution in [3.8, 4) is 11.5 Å². The summed E-state index contributed by atoms with van der Waals surface area (Å²) in [5, 5.41) is 3.41. The topological polar surface area (TPSA) is 41.3 Å². The van der Waals surface area contributed by atoms with Gasteiger partial charge in [0.05, 0.1) is 5.69 Å².